The smallest absolute Gasteiger partial charge is 0.241 e. The van der Waals surface area contributed by atoms with E-state index in [4.69, 9.17) is 11.1 Å². The molecule has 1 aromatic carbocycles. The minimum absolute atomic E-state index is 0.203. The molecule has 2 rings (SSSR count). The number of imidazole rings is 1. The van der Waals surface area contributed by atoms with Crippen molar-refractivity contribution in [3.8, 4) is 6.07 Å². The minimum atomic E-state index is -0.692. The first-order valence-electron chi connectivity index (χ1n) is 6.32. The van der Waals surface area contributed by atoms with Crippen molar-refractivity contribution in [3.63, 3.8) is 0 Å². The molecule has 0 spiro atoms. The van der Waals surface area contributed by atoms with Crippen molar-refractivity contribution >= 4 is 16.9 Å². The second-order valence-corrected chi connectivity index (χ2v) is 5.30. The van der Waals surface area contributed by atoms with E-state index in [0.29, 0.717) is 12.4 Å². The molecule has 0 radical (unpaired) electrons. The molecular weight excluding hydrogens is 254 g/mol. The summed E-state index contributed by atoms with van der Waals surface area (Å²) >= 11 is 0. The number of benzene rings is 1. The predicted octanol–water partition coefficient (Wildman–Crippen LogP) is 1.12. The van der Waals surface area contributed by atoms with E-state index in [9.17, 15) is 4.79 Å². The third-order valence-electron chi connectivity index (χ3n) is 3.27. The van der Waals surface area contributed by atoms with Crippen LogP contribution < -0.4 is 11.3 Å². The van der Waals surface area contributed by atoms with Crippen LogP contribution in [0.3, 0.4) is 0 Å². The van der Waals surface area contributed by atoms with Gasteiger partial charge in [-0.25, -0.2) is 10.8 Å². The Balaban J connectivity index is 2.49. The highest BCUT2D eigenvalue weighted by molar-refractivity contribution is 5.82. The van der Waals surface area contributed by atoms with E-state index >= 15 is 0 Å². The molecule has 0 aliphatic rings. The van der Waals surface area contributed by atoms with Crippen LogP contribution in [0.5, 0.6) is 0 Å². The van der Waals surface area contributed by atoms with Crippen LogP contribution in [0, 0.1) is 16.7 Å². The molecule has 0 fully saturated rings. The van der Waals surface area contributed by atoms with Gasteiger partial charge in [0.05, 0.1) is 28.9 Å². The number of nitrogens with two attached hydrogens (primary N) is 1. The third kappa shape index (κ3) is 2.49. The van der Waals surface area contributed by atoms with Crippen molar-refractivity contribution in [2.45, 2.75) is 26.8 Å². The summed E-state index contributed by atoms with van der Waals surface area (Å²) in [5.41, 5.74) is 3.22. The standard InChI is InChI=1S/C14H17N5O/c1-14(2,13(20)18-16)9-19-11-6-4-3-5-10(11)17-12(19)7-8-15/h3-6H,7,9,16H2,1-2H3,(H,18,20). The normalized spacial score (nSPS) is 11.3. The number of fused-ring (bicyclic) bond motifs is 1. The Morgan fingerprint density at radius 2 is 2.20 bits per heavy atom. The molecule has 0 aliphatic heterocycles. The first kappa shape index (κ1) is 14.0. The monoisotopic (exact) mass is 271 g/mol. The van der Waals surface area contributed by atoms with E-state index in [1.165, 1.54) is 0 Å². The Hall–Kier alpha value is -2.39. The lowest BCUT2D eigenvalue weighted by Gasteiger charge is -2.24. The topological polar surface area (TPSA) is 96.7 Å². The van der Waals surface area contributed by atoms with E-state index < -0.39 is 5.41 Å². The Morgan fingerprint density at radius 1 is 1.50 bits per heavy atom. The van der Waals surface area contributed by atoms with Gasteiger partial charge in [0.25, 0.3) is 0 Å². The summed E-state index contributed by atoms with van der Waals surface area (Å²) in [4.78, 5) is 16.3. The maximum Gasteiger partial charge on any atom is 0.241 e. The number of aromatic nitrogens is 2. The zero-order chi connectivity index (χ0) is 14.8. The lowest BCUT2D eigenvalue weighted by molar-refractivity contribution is -0.130. The van der Waals surface area contributed by atoms with Crippen LogP contribution >= 0.6 is 0 Å². The van der Waals surface area contributed by atoms with Crippen molar-refractivity contribution in [2.75, 3.05) is 0 Å². The maximum absolute atomic E-state index is 11.8. The second-order valence-electron chi connectivity index (χ2n) is 5.30. The van der Waals surface area contributed by atoms with Crippen LogP contribution in [-0.4, -0.2) is 15.5 Å². The zero-order valence-electron chi connectivity index (χ0n) is 11.6. The second kappa shape index (κ2) is 5.31. The van der Waals surface area contributed by atoms with Gasteiger partial charge in [-0.2, -0.15) is 5.26 Å². The number of para-hydroxylation sites is 2. The van der Waals surface area contributed by atoms with Gasteiger partial charge in [-0.3, -0.25) is 10.2 Å². The minimum Gasteiger partial charge on any atom is -0.326 e. The number of hydrogen-bond donors (Lipinski definition) is 2. The molecule has 6 nitrogen and oxygen atoms in total. The Morgan fingerprint density at radius 3 is 2.85 bits per heavy atom. The zero-order valence-corrected chi connectivity index (χ0v) is 11.6. The van der Waals surface area contributed by atoms with Gasteiger partial charge in [-0.05, 0) is 26.0 Å². The van der Waals surface area contributed by atoms with Crippen molar-refractivity contribution < 1.29 is 4.79 Å². The fourth-order valence-corrected chi connectivity index (χ4v) is 2.17. The van der Waals surface area contributed by atoms with E-state index in [2.05, 4.69) is 16.5 Å². The molecule has 0 atom stereocenters. The van der Waals surface area contributed by atoms with Gasteiger partial charge in [-0.1, -0.05) is 12.1 Å². The number of nitrogens with zero attached hydrogens (tertiary/aromatic N) is 3. The van der Waals surface area contributed by atoms with Gasteiger partial charge in [0.2, 0.25) is 5.91 Å². The number of hydrogen-bond acceptors (Lipinski definition) is 4. The van der Waals surface area contributed by atoms with Crippen LogP contribution in [0.1, 0.15) is 19.7 Å². The fourth-order valence-electron chi connectivity index (χ4n) is 2.17. The van der Waals surface area contributed by atoms with Crippen molar-refractivity contribution in [3.05, 3.63) is 30.1 Å². The van der Waals surface area contributed by atoms with Gasteiger partial charge >= 0.3 is 0 Å². The van der Waals surface area contributed by atoms with Crippen LogP contribution in [0.25, 0.3) is 11.0 Å². The average molecular weight is 271 g/mol. The molecule has 104 valence electrons. The molecule has 3 N–H and O–H groups in total. The SMILES string of the molecule is CC(C)(Cn1c(CC#N)nc2ccccc21)C(=O)NN. The molecule has 0 saturated carbocycles. The summed E-state index contributed by atoms with van der Waals surface area (Å²) in [6, 6.07) is 9.73. The predicted molar refractivity (Wildman–Crippen MR) is 75.2 cm³/mol. The first-order chi connectivity index (χ1) is 9.49. The first-order valence-corrected chi connectivity index (χ1v) is 6.32. The lowest BCUT2D eigenvalue weighted by atomic mass is 9.92. The van der Waals surface area contributed by atoms with Gasteiger partial charge < -0.3 is 4.57 Å². The van der Waals surface area contributed by atoms with Gasteiger partial charge in [-0.15, -0.1) is 0 Å². The summed E-state index contributed by atoms with van der Waals surface area (Å²) in [5, 5.41) is 8.92. The number of rotatable bonds is 4. The molecule has 0 saturated heterocycles. The number of carbonyl (C=O) groups excluding carboxylic acids is 1. The number of amides is 1. The summed E-state index contributed by atoms with van der Waals surface area (Å²) in [6.07, 6.45) is 0.203. The molecule has 1 aromatic heterocycles. The number of nitriles is 1. The quantitative estimate of drug-likeness (QED) is 0.494. The molecule has 0 aliphatic carbocycles. The van der Waals surface area contributed by atoms with E-state index in [0.717, 1.165) is 11.0 Å². The van der Waals surface area contributed by atoms with E-state index in [1.54, 1.807) is 13.8 Å². The van der Waals surface area contributed by atoms with E-state index in [1.807, 2.05) is 28.8 Å². The molecule has 1 amide bonds. The summed E-state index contributed by atoms with van der Waals surface area (Å²) < 4.78 is 1.91. The molecular formula is C14H17N5O. The van der Waals surface area contributed by atoms with Gasteiger partial charge in [0, 0.05) is 6.54 Å². The number of hydrazine groups is 1. The summed E-state index contributed by atoms with van der Waals surface area (Å²) in [6.45, 7) is 4.02. The van der Waals surface area contributed by atoms with Crippen molar-refractivity contribution in [2.24, 2.45) is 11.3 Å². The number of nitrogens with one attached hydrogen (secondary N) is 1. The third-order valence-corrected chi connectivity index (χ3v) is 3.27. The van der Waals surface area contributed by atoms with Crippen molar-refractivity contribution in [1.82, 2.24) is 15.0 Å². The van der Waals surface area contributed by atoms with Crippen LogP contribution in [0.15, 0.2) is 24.3 Å². The van der Waals surface area contributed by atoms with Gasteiger partial charge in [0.1, 0.15) is 5.82 Å². The van der Waals surface area contributed by atoms with Crippen LogP contribution in [-0.2, 0) is 17.8 Å². The molecule has 20 heavy (non-hydrogen) atoms. The Bertz CT molecular complexity index is 680. The summed E-state index contributed by atoms with van der Waals surface area (Å²) in [5.74, 6) is 5.63. The highest BCUT2D eigenvalue weighted by atomic mass is 16.2. The Labute approximate surface area is 117 Å². The van der Waals surface area contributed by atoms with Gasteiger partial charge in [0.15, 0.2) is 0 Å². The molecule has 6 heteroatoms. The summed E-state index contributed by atoms with van der Waals surface area (Å²) in [7, 11) is 0. The van der Waals surface area contributed by atoms with Crippen molar-refractivity contribution in [1.29, 1.82) is 5.26 Å². The molecule has 0 unspecified atom stereocenters. The van der Waals surface area contributed by atoms with Crippen LogP contribution in [0.4, 0.5) is 0 Å². The fraction of sp³-hybridized carbons (Fsp3) is 0.357. The lowest BCUT2D eigenvalue weighted by Crippen LogP contribution is -2.43. The molecule has 2 aromatic rings. The number of carbonyl (C=O) groups is 1. The highest BCUT2D eigenvalue weighted by Gasteiger charge is 2.29. The van der Waals surface area contributed by atoms with E-state index in [-0.39, 0.29) is 12.3 Å². The van der Waals surface area contributed by atoms with Crippen LogP contribution in [0.2, 0.25) is 0 Å². The molecule has 1 heterocycles. The molecule has 0 bridgehead atoms. The maximum atomic E-state index is 11.8. The largest absolute Gasteiger partial charge is 0.326 e. The Kier molecular flexibility index (Phi) is 3.72. The highest BCUT2D eigenvalue weighted by Crippen LogP contribution is 2.24. The average Bonchev–Trinajstić information content (AvgIpc) is 2.76.